The van der Waals surface area contributed by atoms with Crippen molar-refractivity contribution in [2.75, 3.05) is 5.43 Å². The fourth-order valence-corrected chi connectivity index (χ4v) is 1.65. The minimum atomic E-state index is -0.197. The number of carbonyl (C=O) groups is 1. The van der Waals surface area contributed by atoms with Crippen molar-refractivity contribution in [1.29, 1.82) is 0 Å². The second kappa shape index (κ2) is 5.37. The molecule has 0 aliphatic heterocycles. The third kappa shape index (κ3) is 2.70. The number of aryl methyl sites for hydroxylation is 1. The summed E-state index contributed by atoms with van der Waals surface area (Å²) in [5, 5.41) is 2.78. The Bertz CT molecular complexity index is 549. The lowest BCUT2D eigenvalue weighted by molar-refractivity contribution is 0.0948. The fraction of sp³-hybridized carbons (Fsp3) is 0.154. The van der Waals surface area contributed by atoms with Crippen LogP contribution in [0.3, 0.4) is 0 Å². The highest BCUT2D eigenvalue weighted by molar-refractivity contribution is 5.99. The number of carbonyl (C=O) groups excluding carboxylic acids is 1. The molecule has 4 N–H and O–H groups in total. The highest BCUT2D eigenvalue weighted by Crippen LogP contribution is 2.13. The van der Waals surface area contributed by atoms with Crippen LogP contribution in [-0.4, -0.2) is 5.91 Å². The van der Waals surface area contributed by atoms with Crippen LogP contribution in [0, 0.1) is 6.92 Å². The lowest BCUT2D eigenvalue weighted by Crippen LogP contribution is -2.24. The van der Waals surface area contributed by atoms with Gasteiger partial charge in [0, 0.05) is 0 Å². The zero-order valence-corrected chi connectivity index (χ0v) is 10.1. The SMILES string of the molecule is Cc1ccc(CNC(=O)c2ccccc2NN)o1. The lowest BCUT2D eigenvalue weighted by Gasteiger charge is -2.08. The van der Waals surface area contributed by atoms with E-state index in [1.807, 2.05) is 25.1 Å². The molecule has 2 rings (SSSR count). The fourth-order valence-electron chi connectivity index (χ4n) is 1.65. The number of anilines is 1. The van der Waals surface area contributed by atoms with Crippen LogP contribution in [0.5, 0.6) is 0 Å². The van der Waals surface area contributed by atoms with Gasteiger partial charge in [-0.1, -0.05) is 12.1 Å². The molecule has 1 amide bonds. The lowest BCUT2D eigenvalue weighted by atomic mass is 10.1. The van der Waals surface area contributed by atoms with Crippen molar-refractivity contribution in [3.63, 3.8) is 0 Å². The first-order valence-corrected chi connectivity index (χ1v) is 5.60. The molecule has 1 aromatic carbocycles. The van der Waals surface area contributed by atoms with Crippen LogP contribution in [0.15, 0.2) is 40.8 Å². The number of hydrogen-bond donors (Lipinski definition) is 3. The number of para-hydroxylation sites is 1. The van der Waals surface area contributed by atoms with Crippen LogP contribution < -0.4 is 16.6 Å². The summed E-state index contributed by atoms with van der Waals surface area (Å²) in [6.45, 7) is 2.21. The summed E-state index contributed by atoms with van der Waals surface area (Å²) >= 11 is 0. The second-order valence-corrected chi connectivity index (χ2v) is 3.88. The molecular formula is C13H15N3O2. The molecule has 2 aromatic rings. The maximum absolute atomic E-state index is 12.0. The first-order chi connectivity index (χ1) is 8.70. The van der Waals surface area contributed by atoms with E-state index in [4.69, 9.17) is 10.3 Å². The molecule has 0 saturated heterocycles. The molecule has 0 radical (unpaired) electrons. The van der Waals surface area contributed by atoms with Gasteiger partial charge < -0.3 is 15.2 Å². The zero-order chi connectivity index (χ0) is 13.0. The maximum atomic E-state index is 12.0. The van der Waals surface area contributed by atoms with E-state index in [2.05, 4.69) is 10.7 Å². The highest BCUT2D eigenvalue weighted by atomic mass is 16.3. The number of hydrogen-bond acceptors (Lipinski definition) is 4. The minimum Gasteiger partial charge on any atom is -0.465 e. The Labute approximate surface area is 105 Å². The average molecular weight is 245 g/mol. The van der Waals surface area contributed by atoms with Crippen LogP contribution in [0.2, 0.25) is 0 Å². The predicted molar refractivity (Wildman–Crippen MR) is 68.9 cm³/mol. The van der Waals surface area contributed by atoms with Gasteiger partial charge in [0.05, 0.1) is 17.8 Å². The van der Waals surface area contributed by atoms with E-state index >= 15 is 0 Å². The molecule has 5 nitrogen and oxygen atoms in total. The van der Waals surface area contributed by atoms with Crippen molar-refractivity contribution in [2.45, 2.75) is 13.5 Å². The Balaban J connectivity index is 2.03. The second-order valence-electron chi connectivity index (χ2n) is 3.88. The molecule has 0 unspecified atom stereocenters. The Morgan fingerprint density at radius 2 is 2.06 bits per heavy atom. The Kier molecular flexibility index (Phi) is 3.64. The molecule has 1 heterocycles. The molecule has 0 saturated carbocycles. The molecule has 0 atom stereocenters. The Hall–Kier alpha value is -2.27. The van der Waals surface area contributed by atoms with Crippen LogP contribution in [-0.2, 0) is 6.54 Å². The van der Waals surface area contributed by atoms with E-state index in [0.717, 1.165) is 11.5 Å². The summed E-state index contributed by atoms with van der Waals surface area (Å²) in [7, 11) is 0. The minimum absolute atomic E-state index is 0.197. The monoisotopic (exact) mass is 245 g/mol. The number of hydrazine groups is 1. The standard InChI is InChI=1S/C13H15N3O2/c1-9-6-7-10(18-9)8-15-13(17)11-4-2-3-5-12(11)16-14/h2-7,16H,8,14H2,1H3,(H,15,17). The third-order valence-electron chi connectivity index (χ3n) is 2.55. The first-order valence-electron chi connectivity index (χ1n) is 5.60. The molecule has 5 heteroatoms. The Morgan fingerprint density at radius 3 is 2.72 bits per heavy atom. The van der Waals surface area contributed by atoms with Gasteiger partial charge in [0.1, 0.15) is 11.5 Å². The van der Waals surface area contributed by atoms with Gasteiger partial charge in [-0.15, -0.1) is 0 Å². The quantitative estimate of drug-likeness (QED) is 0.567. The molecule has 0 spiro atoms. The smallest absolute Gasteiger partial charge is 0.253 e. The van der Waals surface area contributed by atoms with Crippen LogP contribution in [0.25, 0.3) is 0 Å². The summed E-state index contributed by atoms with van der Waals surface area (Å²) < 4.78 is 5.37. The van der Waals surface area contributed by atoms with Crippen LogP contribution in [0.1, 0.15) is 21.9 Å². The number of nitrogens with one attached hydrogen (secondary N) is 2. The number of nitrogens with two attached hydrogens (primary N) is 1. The van der Waals surface area contributed by atoms with E-state index in [1.54, 1.807) is 18.2 Å². The molecule has 0 bridgehead atoms. The van der Waals surface area contributed by atoms with Gasteiger partial charge in [-0.05, 0) is 31.2 Å². The molecule has 18 heavy (non-hydrogen) atoms. The van der Waals surface area contributed by atoms with Crippen molar-refractivity contribution >= 4 is 11.6 Å². The predicted octanol–water partition coefficient (Wildman–Crippen LogP) is 1.80. The molecule has 0 aliphatic carbocycles. The zero-order valence-electron chi connectivity index (χ0n) is 10.1. The molecule has 1 aromatic heterocycles. The van der Waals surface area contributed by atoms with Gasteiger partial charge in [0.15, 0.2) is 0 Å². The topological polar surface area (TPSA) is 80.3 Å². The van der Waals surface area contributed by atoms with Gasteiger partial charge in [-0.25, -0.2) is 0 Å². The van der Waals surface area contributed by atoms with E-state index in [9.17, 15) is 4.79 Å². The van der Waals surface area contributed by atoms with Gasteiger partial charge in [-0.2, -0.15) is 0 Å². The van der Waals surface area contributed by atoms with Crippen molar-refractivity contribution < 1.29 is 9.21 Å². The van der Waals surface area contributed by atoms with Crippen molar-refractivity contribution in [1.82, 2.24) is 5.32 Å². The summed E-state index contributed by atoms with van der Waals surface area (Å²) in [4.78, 5) is 12.0. The van der Waals surface area contributed by atoms with Gasteiger partial charge in [-0.3, -0.25) is 10.6 Å². The van der Waals surface area contributed by atoms with Gasteiger partial charge >= 0.3 is 0 Å². The first kappa shape index (κ1) is 12.2. The summed E-state index contributed by atoms with van der Waals surface area (Å²) in [5.74, 6) is 6.70. The molecule has 0 fully saturated rings. The van der Waals surface area contributed by atoms with Gasteiger partial charge in [0.2, 0.25) is 0 Å². The average Bonchev–Trinajstić information content (AvgIpc) is 2.81. The molecule has 0 aliphatic rings. The van der Waals surface area contributed by atoms with Gasteiger partial charge in [0.25, 0.3) is 5.91 Å². The van der Waals surface area contributed by atoms with E-state index in [-0.39, 0.29) is 5.91 Å². The maximum Gasteiger partial charge on any atom is 0.253 e. The molecule has 94 valence electrons. The largest absolute Gasteiger partial charge is 0.465 e. The number of furan rings is 1. The summed E-state index contributed by atoms with van der Waals surface area (Å²) in [6, 6.07) is 10.7. The van der Waals surface area contributed by atoms with Crippen molar-refractivity contribution in [3.05, 3.63) is 53.5 Å². The van der Waals surface area contributed by atoms with Crippen molar-refractivity contribution in [3.8, 4) is 0 Å². The molecular weight excluding hydrogens is 230 g/mol. The third-order valence-corrected chi connectivity index (χ3v) is 2.55. The van der Waals surface area contributed by atoms with Crippen LogP contribution >= 0.6 is 0 Å². The van der Waals surface area contributed by atoms with E-state index in [0.29, 0.717) is 17.8 Å². The normalized spacial score (nSPS) is 10.1. The number of benzene rings is 1. The highest BCUT2D eigenvalue weighted by Gasteiger charge is 2.10. The number of amides is 1. The van der Waals surface area contributed by atoms with Crippen LogP contribution in [0.4, 0.5) is 5.69 Å². The number of nitrogen functional groups attached to an aromatic ring is 1. The van der Waals surface area contributed by atoms with E-state index in [1.165, 1.54) is 0 Å². The van der Waals surface area contributed by atoms with Crippen molar-refractivity contribution in [2.24, 2.45) is 5.84 Å². The Morgan fingerprint density at radius 1 is 1.28 bits per heavy atom. The number of rotatable bonds is 4. The summed E-state index contributed by atoms with van der Waals surface area (Å²) in [5.41, 5.74) is 3.59. The van der Waals surface area contributed by atoms with E-state index < -0.39 is 0 Å². The summed E-state index contributed by atoms with van der Waals surface area (Å²) in [6.07, 6.45) is 0.